The first-order valence-electron chi connectivity index (χ1n) is 3.63. The van der Waals surface area contributed by atoms with E-state index in [-0.39, 0.29) is 0 Å². The molecule has 0 N–H and O–H groups in total. The average Bonchev–Trinajstić information content (AvgIpc) is 2.39. The van der Waals surface area contributed by atoms with Crippen LogP contribution >= 0.6 is 0 Å². The van der Waals surface area contributed by atoms with Gasteiger partial charge in [0.15, 0.2) is 0 Å². The Morgan fingerprint density at radius 1 is 1.73 bits per heavy atom. The third-order valence-corrected chi connectivity index (χ3v) is 1.29. The molecule has 1 heterocycles. The summed E-state index contributed by atoms with van der Waals surface area (Å²) in [4.78, 5) is 0. The summed E-state index contributed by atoms with van der Waals surface area (Å²) in [5.74, 6) is 0.895. The number of allylic oxidation sites excluding steroid dienone is 2. The van der Waals surface area contributed by atoms with Crippen LogP contribution in [-0.2, 0) is 0 Å². The van der Waals surface area contributed by atoms with Crippen molar-refractivity contribution in [1.82, 2.24) is 0 Å². The standard InChI is InChI=1S/C10H12O/c1-9(2)5-3-6-10-7-4-8-11-10/h3-4,6-8H,1,5H2,2H3/b6-3+. The molecule has 0 radical (unpaired) electrons. The summed E-state index contributed by atoms with van der Waals surface area (Å²) in [6.07, 6.45) is 6.58. The fraction of sp³-hybridized carbons (Fsp3) is 0.200. The molecular formula is C10H12O. The van der Waals surface area contributed by atoms with E-state index in [1.807, 2.05) is 31.2 Å². The van der Waals surface area contributed by atoms with E-state index >= 15 is 0 Å². The average molecular weight is 148 g/mol. The highest BCUT2D eigenvalue weighted by molar-refractivity contribution is 5.42. The van der Waals surface area contributed by atoms with E-state index in [4.69, 9.17) is 4.42 Å². The summed E-state index contributed by atoms with van der Waals surface area (Å²) in [6, 6.07) is 3.80. The van der Waals surface area contributed by atoms with Crippen molar-refractivity contribution >= 4 is 6.08 Å². The van der Waals surface area contributed by atoms with Crippen molar-refractivity contribution in [2.75, 3.05) is 0 Å². The van der Waals surface area contributed by atoms with E-state index < -0.39 is 0 Å². The molecule has 0 atom stereocenters. The quantitative estimate of drug-likeness (QED) is 0.599. The van der Waals surface area contributed by atoms with E-state index in [0.717, 1.165) is 17.8 Å². The predicted octanol–water partition coefficient (Wildman–Crippen LogP) is 3.26. The molecule has 0 spiro atoms. The molecule has 1 aromatic rings. The van der Waals surface area contributed by atoms with Crippen LogP contribution in [0.5, 0.6) is 0 Å². The molecule has 0 aliphatic heterocycles. The maximum Gasteiger partial charge on any atom is 0.126 e. The molecule has 1 nitrogen and oxygen atoms in total. The second-order valence-electron chi connectivity index (χ2n) is 2.58. The zero-order valence-corrected chi connectivity index (χ0v) is 6.71. The fourth-order valence-corrected chi connectivity index (χ4v) is 0.762. The van der Waals surface area contributed by atoms with Crippen molar-refractivity contribution in [2.45, 2.75) is 13.3 Å². The van der Waals surface area contributed by atoms with Gasteiger partial charge in [0.05, 0.1) is 6.26 Å². The SMILES string of the molecule is C=C(C)C/C=C/c1ccco1. The van der Waals surface area contributed by atoms with Gasteiger partial charge >= 0.3 is 0 Å². The van der Waals surface area contributed by atoms with Crippen LogP contribution in [0.25, 0.3) is 6.08 Å². The lowest BCUT2D eigenvalue weighted by Crippen LogP contribution is -1.66. The first kappa shape index (κ1) is 7.86. The lowest BCUT2D eigenvalue weighted by Gasteiger charge is -1.87. The number of furan rings is 1. The van der Waals surface area contributed by atoms with Gasteiger partial charge in [0.1, 0.15) is 5.76 Å². The smallest absolute Gasteiger partial charge is 0.126 e. The Labute approximate surface area is 67.0 Å². The van der Waals surface area contributed by atoms with E-state index in [1.165, 1.54) is 0 Å². The van der Waals surface area contributed by atoms with Gasteiger partial charge in [-0.25, -0.2) is 0 Å². The lowest BCUT2D eigenvalue weighted by atomic mass is 10.2. The molecule has 0 aliphatic carbocycles. The van der Waals surface area contributed by atoms with Gasteiger partial charge in [0.25, 0.3) is 0 Å². The van der Waals surface area contributed by atoms with Crippen LogP contribution in [0.4, 0.5) is 0 Å². The second-order valence-corrected chi connectivity index (χ2v) is 2.58. The Bertz CT molecular complexity index is 242. The first-order chi connectivity index (χ1) is 5.29. The normalized spacial score (nSPS) is 10.6. The minimum atomic E-state index is 0.895. The number of hydrogen-bond acceptors (Lipinski definition) is 1. The number of rotatable bonds is 3. The lowest BCUT2D eigenvalue weighted by molar-refractivity contribution is 0.557. The summed E-state index contributed by atoms with van der Waals surface area (Å²) in [5, 5.41) is 0. The third kappa shape index (κ3) is 2.89. The Hall–Kier alpha value is -1.24. The van der Waals surface area contributed by atoms with Crippen molar-refractivity contribution in [1.29, 1.82) is 0 Å². The first-order valence-corrected chi connectivity index (χ1v) is 3.63. The monoisotopic (exact) mass is 148 g/mol. The van der Waals surface area contributed by atoms with E-state index in [1.54, 1.807) is 6.26 Å². The van der Waals surface area contributed by atoms with Crippen molar-refractivity contribution in [2.24, 2.45) is 0 Å². The molecule has 0 fully saturated rings. The molecule has 0 unspecified atom stereocenters. The van der Waals surface area contributed by atoms with Crippen molar-refractivity contribution in [3.63, 3.8) is 0 Å². The summed E-state index contributed by atoms with van der Waals surface area (Å²) in [7, 11) is 0. The summed E-state index contributed by atoms with van der Waals surface area (Å²) < 4.78 is 5.10. The predicted molar refractivity (Wildman–Crippen MR) is 47.2 cm³/mol. The van der Waals surface area contributed by atoms with Gasteiger partial charge in [-0.05, 0) is 31.6 Å². The highest BCUT2D eigenvalue weighted by Gasteiger charge is 1.85. The maximum atomic E-state index is 5.10. The second kappa shape index (κ2) is 3.81. The van der Waals surface area contributed by atoms with Gasteiger partial charge in [0.2, 0.25) is 0 Å². The molecule has 11 heavy (non-hydrogen) atoms. The Morgan fingerprint density at radius 3 is 3.09 bits per heavy atom. The van der Waals surface area contributed by atoms with Gasteiger partial charge in [-0.2, -0.15) is 0 Å². The highest BCUT2D eigenvalue weighted by atomic mass is 16.3. The Kier molecular flexibility index (Phi) is 2.73. The van der Waals surface area contributed by atoms with Gasteiger partial charge in [-0.1, -0.05) is 18.2 Å². The maximum absolute atomic E-state index is 5.10. The molecule has 1 aromatic heterocycles. The molecule has 0 aliphatic rings. The zero-order chi connectivity index (χ0) is 8.10. The van der Waals surface area contributed by atoms with Crippen LogP contribution < -0.4 is 0 Å². The van der Waals surface area contributed by atoms with Crippen LogP contribution in [0.15, 0.2) is 41.0 Å². The zero-order valence-electron chi connectivity index (χ0n) is 6.71. The molecule has 0 saturated heterocycles. The highest BCUT2D eigenvalue weighted by Crippen LogP contribution is 2.04. The molecule has 1 heteroatoms. The molecule has 1 rings (SSSR count). The summed E-state index contributed by atoms with van der Waals surface area (Å²) >= 11 is 0. The Balaban J connectivity index is 2.43. The minimum absolute atomic E-state index is 0.895. The van der Waals surface area contributed by atoms with E-state index in [0.29, 0.717) is 0 Å². The molecular weight excluding hydrogens is 136 g/mol. The van der Waals surface area contributed by atoms with Crippen molar-refractivity contribution in [3.05, 3.63) is 42.4 Å². The van der Waals surface area contributed by atoms with Gasteiger partial charge in [-0.15, -0.1) is 0 Å². The van der Waals surface area contributed by atoms with Crippen LogP contribution in [0.3, 0.4) is 0 Å². The van der Waals surface area contributed by atoms with Crippen LogP contribution in [0, 0.1) is 0 Å². The van der Waals surface area contributed by atoms with E-state index in [9.17, 15) is 0 Å². The minimum Gasteiger partial charge on any atom is -0.465 e. The van der Waals surface area contributed by atoms with Gasteiger partial charge < -0.3 is 4.42 Å². The van der Waals surface area contributed by atoms with E-state index in [2.05, 4.69) is 6.58 Å². The fourth-order valence-electron chi connectivity index (χ4n) is 0.762. The van der Waals surface area contributed by atoms with Crippen LogP contribution in [-0.4, -0.2) is 0 Å². The summed E-state index contributed by atoms with van der Waals surface area (Å²) in [6.45, 7) is 5.80. The molecule has 0 aromatic carbocycles. The molecule has 0 saturated carbocycles. The number of hydrogen-bond donors (Lipinski definition) is 0. The van der Waals surface area contributed by atoms with Crippen molar-refractivity contribution in [3.8, 4) is 0 Å². The van der Waals surface area contributed by atoms with Gasteiger partial charge in [0, 0.05) is 0 Å². The van der Waals surface area contributed by atoms with Crippen LogP contribution in [0.1, 0.15) is 19.1 Å². The molecule has 58 valence electrons. The molecule has 0 bridgehead atoms. The molecule has 0 amide bonds. The topological polar surface area (TPSA) is 13.1 Å². The van der Waals surface area contributed by atoms with Crippen LogP contribution in [0.2, 0.25) is 0 Å². The van der Waals surface area contributed by atoms with Crippen molar-refractivity contribution < 1.29 is 4.42 Å². The summed E-state index contributed by atoms with van der Waals surface area (Å²) in [5.41, 5.74) is 1.16. The largest absolute Gasteiger partial charge is 0.465 e. The third-order valence-electron chi connectivity index (χ3n) is 1.29. The Morgan fingerprint density at radius 2 is 2.55 bits per heavy atom. The van der Waals surface area contributed by atoms with Gasteiger partial charge in [-0.3, -0.25) is 0 Å².